The molecule has 1 N–H and O–H groups in total. The number of nitrogens with zero attached hydrogens (tertiary/aromatic N) is 2. The largest absolute Gasteiger partial charge is 0.378 e. The standard InChI is InChI=1S/C22H27N3O2/c1-5-25(6-2)22(27)20(23-21(26)18-10-8-7-9-11-18)16-17-12-14-19(15-13-17)24(3)4/h7-16H,5-6H2,1-4H3,(H,23,26)/b20-16+. The SMILES string of the molecule is CCN(CC)C(=O)/C(=C\c1ccc(N(C)C)cc1)NC(=O)c1ccccc1. The summed E-state index contributed by atoms with van der Waals surface area (Å²) in [4.78, 5) is 29.1. The van der Waals surface area contributed by atoms with Crippen LogP contribution in [-0.4, -0.2) is 43.9 Å². The van der Waals surface area contributed by atoms with Gasteiger partial charge in [0.1, 0.15) is 5.70 Å². The van der Waals surface area contributed by atoms with Crippen molar-refractivity contribution >= 4 is 23.6 Å². The molecular formula is C22H27N3O2. The van der Waals surface area contributed by atoms with Crippen LogP contribution in [0.25, 0.3) is 6.08 Å². The highest BCUT2D eigenvalue weighted by Crippen LogP contribution is 2.15. The molecule has 27 heavy (non-hydrogen) atoms. The number of likely N-dealkylation sites (N-methyl/N-ethyl adjacent to an activating group) is 1. The van der Waals surface area contributed by atoms with Crippen molar-refractivity contribution in [2.45, 2.75) is 13.8 Å². The summed E-state index contributed by atoms with van der Waals surface area (Å²) < 4.78 is 0. The van der Waals surface area contributed by atoms with Gasteiger partial charge in [-0.2, -0.15) is 0 Å². The zero-order valence-electron chi connectivity index (χ0n) is 16.4. The molecule has 0 heterocycles. The average Bonchev–Trinajstić information content (AvgIpc) is 2.69. The summed E-state index contributed by atoms with van der Waals surface area (Å²) >= 11 is 0. The van der Waals surface area contributed by atoms with Gasteiger partial charge in [0, 0.05) is 38.4 Å². The van der Waals surface area contributed by atoms with Crippen molar-refractivity contribution in [1.29, 1.82) is 0 Å². The van der Waals surface area contributed by atoms with Crippen LogP contribution in [0.1, 0.15) is 29.8 Å². The third-order valence-corrected chi connectivity index (χ3v) is 4.29. The van der Waals surface area contributed by atoms with E-state index < -0.39 is 0 Å². The molecule has 0 unspecified atom stereocenters. The molecule has 5 heteroatoms. The minimum atomic E-state index is -0.299. The Kier molecular flexibility index (Phi) is 7.17. The second-order valence-corrected chi connectivity index (χ2v) is 6.34. The molecule has 0 aromatic heterocycles. The maximum absolute atomic E-state index is 12.9. The molecule has 2 aromatic carbocycles. The van der Waals surface area contributed by atoms with Crippen molar-refractivity contribution in [3.8, 4) is 0 Å². The smallest absolute Gasteiger partial charge is 0.270 e. The number of amides is 2. The first-order valence-corrected chi connectivity index (χ1v) is 9.11. The second kappa shape index (κ2) is 9.57. The lowest BCUT2D eigenvalue weighted by Gasteiger charge is -2.21. The fraction of sp³-hybridized carbons (Fsp3) is 0.273. The normalized spacial score (nSPS) is 11.0. The Morgan fingerprint density at radius 1 is 0.926 bits per heavy atom. The van der Waals surface area contributed by atoms with E-state index in [1.807, 2.05) is 63.2 Å². The third-order valence-electron chi connectivity index (χ3n) is 4.29. The molecule has 0 bridgehead atoms. The summed E-state index contributed by atoms with van der Waals surface area (Å²) in [5.74, 6) is -0.492. The fourth-order valence-electron chi connectivity index (χ4n) is 2.65. The highest BCUT2D eigenvalue weighted by molar-refractivity contribution is 6.05. The van der Waals surface area contributed by atoms with Crippen LogP contribution in [0.3, 0.4) is 0 Å². The van der Waals surface area contributed by atoms with Gasteiger partial charge in [0.2, 0.25) is 0 Å². The molecule has 5 nitrogen and oxygen atoms in total. The Morgan fingerprint density at radius 3 is 2.04 bits per heavy atom. The number of carbonyl (C=O) groups is 2. The lowest BCUT2D eigenvalue weighted by atomic mass is 10.1. The van der Waals surface area contributed by atoms with Crippen LogP contribution in [0.2, 0.25) is 0 Å². The first-order chi connectivity index (χ1) is 13.0. The van der Waals surface area contributed by atoms with Crippen molar-refractivity contribution in [2.75, 3.05) is 32.1 Å². The number of hydrogen-bond acceptors (Lipinski definition) is 3. The molecule has 142 valence electrons. The molecule has 0 saturated carbocycles. The van der Waals surface area contributed by atoms with E-state index in [4.69, 9.17) is 0 Å². The van der Waals surface area contributed by atoms with Gasteiger partial charge in [-0.1, -0.05) is 30.3 Å². The number of nitrogens with one attached hydrogen (secondary N) is 1. The number of rotatable bonds is 7. The van der Waals surface area contributed by atoms with E-state index in [0.29, 0.717) is 18.7 Å². The molecular weight excluding hydrogens is 338 g/mol. The van der Waals surface area contributed by atoms with Crippen molar-refractivity contribution in [3.05, 3.63) is 71.4 Å². The Hall–Kier alpha value is -3.08. The number of hydrogen-bond donors (Lipinski definition) is 1. The first kappa shape index (κ1) is 20.2. The van der Waals surface area contributed by atoms with Gasteiger partial charge >= 0.3 is 0 Å². The molecule has 2 amide bonds. The first-order valence-electron chi connectivity index (χ1n) is 9.11. The van der Waals surface area contributed by atoms with E-state index in [0.717, 1.165) is 11.3 Å². The lowest BCUT2D eigenvalue weighted by Crippen LogP contribution is -2.38. The molecule has 0 saturated heterocycles. The summed E-state index contributed by atoms with van der Waals surface area (Å²) in [6, 6.07) is 16.7. The quantitative estimate of drug-likeness (QED) is 0.765. The number of anilines is 1. The zero-order valence-corrected chi connectivity index (χ0v) is 16.4. The van der Waals surface area contributed by atoms with Crippen LogP contribution < -0.4 is 10.2 Å². The monoisotopic (exact) mass is 365 g/mol. The fourth-order valence-corrected chi connectivity index (χ4v) is 2.65. The molecule has 0 spiro atoms. The third kappa shape index (κ3) is 5.45. The minimum absolute atomic E-state index is 0.194. The van der Waals surface area contributed by atoms with Crippen molar-refractivity contribution in [2.24, 2.45) is 0 Å². The Balaban J connectivity index is 2.33. The van der Waals surface area contributed by atoms with Crippen LogP contribution >= 0.6 is 0 Å². The van der Waals surface area contributed by atoms with Gasteiger partial charge in [-0.15, -0.1) is 0 Å². The second-order valence-electron chi connectivity index (χ2n) is 6.34. The van der Waals surface area contributed by atoms with E-state index in [2.05, 4.69) is 5.32 Å². The summed E-state index contributed by atoms with van der Waals surface area (Å²) in [6.45, 7) is 4.99. The lowest BCUT2D eigenvalue weighted by molar-refractivity contribution is -0.127. The van der Waals surface area contributed by atoms with Crippen molar-refractivity contribution in [1.82, 2.24) is 10.2 Å². The van der Waals surface area contributed by atoms with E-state index in [1.54, 1.807) is 35.2 Å². The number of benzene rings is 2. The van der Waals surface area contributed by atoms with Gasteiger partial charge in [0.15, 0.2) is 0 Å². The summed E-state index contributed by atoms with van der Waals surface area (Å²) in [5, 5.41) is 2.79. The molecule has 0 aliphatic rings. The molecule has 0 aliphatic heterocycles. The maximum Gasteiger partial charge on any atom is 0.270 e. The van der Waals surface area contributed by atoms with E-state index in [1.165, 1.54) is 0 Å². The van der Waals surface area contributed by atoms with E-state index >= 15 is 0 Å². The molecule has 0 aliphatic carbocycles. The average molecular weight is 365 g/mol. The molecule has 2 aromatic rings. The van der Waals surface area contributed by atoms with E-state index in [9.17, 15) is 9.59 Å². The summed E-state index contributed by atoms with van der Waals surface area (Å²) in [7, 11) is 3.94. The summed E-state index contributed by atoms with van der Waals surface area (Å²) in [6.07, 6.45) is 1.72. The van der Waals surface area contributed by atoms with Gasteiger partial charge in [-0.3, -0.25) is 9.59 Å². The maximum atomic E-state index is 12.9. The van der Waals surface area contributed by atoms with Crippen LogP contribution in [0.4, 0.5) is 5.69 Å². The van der Waals surface area contributed by atoms with Crippen LogP contribution in [0, 0.1) is 0 Å². The van der Waals surface area contributed by atoms with Crippen LogP contribution in [-0.2, 0) is 4.79 Å². The van der Waals surface area contributed by atoms with Gasteiger partial charge in [0.25, 0.3) is 11.8 Å². The molecule has 0 radical (unpaired) electrons. The molecule has 0 atom stereocenters. The van der Waals surface area contributed by atoms with Crippen molar-refractivity contribution in [3.63, 3.8) is 0 Å². The van der Waals surface area contributed by atoms with Gasteiger partial charge < -0.3 is 15.1 Å². The Morgan fingerprint density at radius 2 is 1.52 bits per heavy atom. The number of carbonyl (C=O) groups excluding carboxylic acids is 2. The predicted molar refractivity (Wildman–Crippen MR) is 111 cm³/mol. The minimum Gasteiger partial charge on any atom is -0.378 e. The van der Waals surface area contributed by atoms with Crippen LogP contribution in [0.15, 0.2) is 60.3 Å². The van der Waals surface area contributed by atoms with Gasteiger partial charge in [-0.25, -0.2) is 0 Å². The molecule has 0 fully saturated rings. The Labute approximate surface area is 161 Å². The van der Waals surface area contributed by atoms with Gasteiger partial charge in [0.05, 0.1) is 0 Å². The van der Waals surface area contributed by atoms with Crippen LogP contribution in [0.5, 0.6) is 0 Å². The van der Waals surface area contributed by atoms with E-state index in [-0.39, 0.29) is 17.5 Å². The predicted octanol–water partition coefficient (Wildman–Crippen LogP) is 3.39. The Bertz CT molecular complexity index is 792. The highest BCUT2D eigenvalue weighted by atomic mass is 16.2. The summed E-state index contributed by atoms with van der Waals surface area (Å²) in [5.41, 5.74) is 2.70. The topological polar surface area (TPSA) is 52.7 Å². The van der Waals surface area contributed by atoms with Gasteiger partial charge in [-0.05, 0) is 49.8 Å². The highest BCUT2D eigenvalue weighted by Gasteiger charge is 2.18. The van der Waals surface area contributed by atoms with Crippen molar-refractivity contribution < 1.29 is 9.59 Å². The molecule has 2 rings (SSSR count). The zero-order chi connectivity index (χ0) is 19.8.